The summed E-state index contributed by atoms with van der Waals surface area (Å²) in [4.78, 5) is 14.9. The Morgan fingerprint density at radius 1 is 1.22 bits per heavy atom. The van der Waals surface area contributed by atoms with E-state index >= 15 is 0 Å². The van der Waals surface area contributed by atoms with E-state index in [4.69, 9.17) is 10.5 Å². The maximum atomic E-state index is 13.6. The van der Waals surface area contributed by atoms with Gasteiger partial charge >= 0.3 is 6.18 Å². The van der Waals surface area contributed by atoms with Crippen molar-refractivity contribution in [2.24, 2.45) is 10.8 Å². The third kappa shape index (κ3) is 4.45. The van der Waals surface area contributed by atoms with E-state index in [1.807, 2.05) is 24.3 Å². The van der Waals surface area contributed by atoms with Crippen molar-refractivity contribution >= 4 is 28.4 Å². The number of alkyl halides is 3. The van der Waals surface area contributed by atoms with E-state index in [1.54, 1.807) is 37.4 Å². The molecule has 6 N–H and O–H groups in total. The van der Waals surface area contributed by atoms with Gasteiger partial charge in [0, 0.05) is 29.2 Å². The number of amides is 1. The van der Waals surface area contributed by atoms with Gasteiger partial charge in [-0.15, -0.1) is 5.10 Å². The number of nitrogens with one attached hydrogen (secondary N) is 4. The maximum absolute atomic E-state index is 13.6. The quantitative estimate of drug-likeness (QED) is 0.370. The molecule has 12 heteroatoms. The summed E-state index contributed by atoms with van der Waals surface area (Å²) in [5.74, 6) is -0.0852. The molecule has 2 aliphatic heterocycles. The van der Waals surface area contributed by atoms with E-state index in [1.165, 1.54) is 5.01 Å². The van der Waals surface area contributed by atoms with Crippen molar-refractivity contribution in [3.05, 3.63) is 89.2 Å². The number of H-pyrrole nitrogens is 1. The molecule has 0 saturated heterocycles. The second kappa shape index (κ2) is 8.96. The average molecular weight is 497 g/mol. The Labute approximate surface area is 203 Å². The number of fused-ring (bicyclic) bond motifs is 1. The van der Waals surface area contributed by atoms with Gasteiger partial charge in [0.2, 0.25) is 17.7 Å². The highest BCUT2D eigenvalue weighted by Gasteiger charge is 2.41. The molecule has 0 spiro atoms. The number of hydrogen-bond acceptors (Lipinski definition) is 7. The highest BCUT2D eigenvalue weighted by Crippen LogP contribution is 2.35. The van der Waals surface area contributed by atoms with Crippen LogP contribution in [0.1, 0.15) is 18.1 Å². The molecule has 1 amide bonds. The first-order chi connectivity index (χ1) is 17.2. The average Bonchev–Trinajstić information content (AvgIpc) is 3.60. The van der Waals surface area contributed by atoms with Gasteiger partial charge in [0.15, 0.2) is 0 Å². The van der Waals surface area contributed by atoms with Crippen molar-refractivity contribution in [2.45, 2.75) is 25.7 Å². The van der Waals surface area contributed by atoms with Crippen molar-refractivity contribution in [1.82, 2.24) is 21.2 Å². The number of allylic oxidation sites excluding steroid dienone is 2. The van der Waals surface area contributed by atoms with Crippen LogP contribution in [-0.2, 0) is 16.1 Å². The molecule has 0 fully saturated rings. The van der Waals surface area contributed by atoms with Crippen molar-refractivity contribution in [2.75, 3.05) is 5.01 Å². The maximum Gasteiger partial charge on any atom is 0.432 e. The normalized spacial score (nSPS) is 18.3. The SMILES string of the molecule is C[C@H](N)C(=O)NCc1cccc(N2NC(C(F)(F)F)=C/C2=C2/NN=C(c3cccc4[nH]ccc34)O2)c1. The molecule has 186 valence electrons. The van der Waals surface area contributed by atoms with Crippen molar-refractivity contribution < 1.29 is 22.7 Å². The molecule has 0 bridgehead atoms. The van der Waals surface area contributed by atoms with Crippen molar-refractivity contribution in [3.8, 4) is 0 Å². The zero-order chi connectivity index (χ0) is 25.4. The Hall–Kier alpha value is -4.45. The molecule has 36 heavy (non-hydrogen) atoms. The molecular formula is C24H22F3N7O2. The predicted molar refractivity (Wildman–Crippen MR) is 128 cm³/mol. The lowest BCUT2D eigenvalue weighted by molar-refractivity contribution is -0.122. The zero-order valence-corrected chi connectivity index (χ0v) is 19.0. The second-order valence-electron chi connectivity index (χ2n) is 8.27. The summed E-state index contributed by atoms with van der Waals surface area (Å²) in [5.41, 5.74) is 12.4. The van der Waals surface area contributed by atoms with Crippen LogP contribution < -0.4 is 26.9 Å². The number of carbonyl (C=O) groups is 1. The van der Waals surface area contributed by atoms with E-state index in [2.05, 4.69) is 26.3 Å². The first-order valence-corrected chi connectivity index (χ1v) is 11.0. The van der Waals surface area contributed by atoms with Crippen LogP contribution in [0.2, 0.25) is 0 Å². The lowest BCUT2D eigenvalue weighted by Gasteiger charge is -2.23. The fraction of sp³-hybridized carbons (Fsp3) is 0.167. The monoisotopic (exact) mass is 497 g/mol. The summed E-state index contributed by atoms with van der Waals surface area (Å²) in [7, 11) is 0. The van der Waals surface area contributed by atoms with Gasteiger partial charge in [-0.1, -0.05) is 18.2 Å². The van der Waals surface area contributed by atoms with E-state index < -0.39 is 17.9 Å². The number of nitrogens with zero attached hydrogens (tertiary/aromatic N) is 2. The molecule has 3 heterocycles. The van der Waals surface area contributed by atoms with Gasteiger partial charge in [-0.25, -0.2) is 5.43 Å². The predicted octanol–water partition coefficient (Wildman–Crippen LogP) is 3.05. The van der Waals surface area contributed by atoms with Gasteiger partial charge in [-0.3, -0.25) is 15.2 Å². The number of benzene rings is 2. The molecule has 1 atom stereocenters. The van der Waals surface area contributed by atoms with Crippen LogP contribution >= 0.6 is 0 Å². The minimum absolute atomic E-state index is 0.0277. The highest BCUT2D eigenvalue weighted by atomic mass is 19.4. The topological polar surface area (TPSA) is 120 Å². The number of hydrogen-bond donors (Lipinski definition) is 5. The zero-order valence-electron chi connectivity index (χ0n) is 19.0. The third-order valence-electron chi connectivity index (χ3n) is 5.62. The molecule has 1 aromatic heterocycles. The largest absolute Gasteiger partial charge is 0.432 e. The molecule has 9 nitrogen and oxygen atoms in total. The number of carbonyl (C=O) groups excluding carboxylic acids is 1. The Morgan fingerprint density at radius 3 is 2.81 bits per heavy atom. The minimum atomic E-state index is -4.62. The van der Waals surface area contributed by atoms with E-state index in [-0.39, 0.29) is 29.9 Å². The Morgan fingerprint density at radius 2 is 2.03 bits per heavy atom. The molecular weight excluding hydrogens is 475 g/mol. The number of hydrazone groups is 1. The number of aromatic nitrogens is 1. The molecule has 0 unspecified atom stereocenters. The van der Waals surface area contributed by atoms with Crippen LogP contribution in [0.5, 0.6) is 0 Å². The smallest absolute Gasteiger partial charge is 0.417 e. The summed E-state index contributed by atoms with van der Waals surface area (Å²) in [6.07, 6.45) is -1.90. The van der Waals surface area contributed by atoms with Gasteiger partial charge in [-0.05, 0) is 48.9 Å². The molecule has 5 rings (SSSR count). The third-order valence-corrected chi connectivity index (χ3v) is 5.62. The molecule has 2 aliphatic rings. The summed E-state index contributed by atoms with van der Waals surface area (Å²) in [5, 5.41) is 9.00. The molecule has 0 saturated carbocycles. The van der Waals surface area contributed by atoms with Crippen LogP contribution in [0.3, 0.4) is 0 Å². The number of aromatic amines is 1. The van der Waals surface area contributed by atoms with Gasteiger partial charge in [0.05, 0.1) is 11.7 Å². The number of halogens is 3. The summed E-state index contributed by atoms with van der Waals surface area (Å²) in [6, 6.07) is 13.4. The lowest BCUT2D eigenvalue weighted by atomic mass is 10.1. The van der Waals surface area contributed by atoms with Gasteiger partial charge < -0.3 is 20.8 Å². The number of nitrogens with two attached hydrogens (primary N) is 1. The molecule has 3 aromatic rings. The fourth-order valence-corrected chi connectivity index (χ4v) is 3.83. The Kier molecular flexibility index (Phi) is 5.80. The standard InChI is InChI=1S/C24H22F3N7O2/c1-13(28)21(35)30-12-14-4-2-5-15(10-14)34-19(11-20(33-34)24(25,26)27)23-32-31-22(36-23)17-6-3-7-18-16(17)8-9-29-18/h2-11,13,29,32-33H,12,28H2,1H3,(H,30,35)/b23-19+/t13-/m0/s1. The number of rotatable bonds is 5. The van der Waals surface area contributed by atoms with Crippen molar-refractivity contribution in [3.63, 3.8) is 0 Å². The van der Waals surface area contributed by atoms with Gasteiger partial charge in [-0.2, -0.15) is 13.2 Å². The van der Waals surface area contributed by atoms with Crippen LogP contribution in [0.4, 0.5) is 18.9 Å². The fourth-order valence-electron chi connectivity index (χ4n) is 3.83. The van der Waals surface area contributed by atoms with E-state index in [0.717, 1.165) is 17.0 Å². The second-order valence-corrected chi connectivity index (χ2v) is 8.27. The first kappa shape index (κ1) is 23.3. The van der Waals surface area contributed by atoms with Crippen molar-refractivity contribution in [1.29, 1.82) is 0 Å². The molecule has 0 aliphatic carbocycles. The highest BCUT2D eigenvalue weighted by molar-refractivity contribution is 6.07. The van der Waals surface area contributed by atoms with E-state index in [0.29, 0.717) is 16.8 Å². The number of anilines is 1. The summed E-state index contributed by atoms with van der Waals surface area (Å²) < 4.78 is 46.8. The summed E-state index contributed by atoms with van der Waals surface area (Å²) >= 11 is 0. The van der Waals surface area contributed by atoms with Crippen LogP contribution in [0.25, 0.3) is 10.9 Å². The molecule has 2 aromatic carbocycles. The number of hydrazine groups is 1. The Bertz CT molecular complexity index is 1420. The van der Waals surface area contributed by atoms with Gasteiger partial charge in [0.1, 0.15) is 11.4 Å². The lowest BCUT2D eigenvalue weighted by Crippen LogP contribution is -2.38. The summed E-state index contributed by atoms with van der Waals surface area (Å²) in [6.45, 7) is 1.72. The van der Waals surface area contributed by atoms with Gasteiger partial charge in [0.25, 0.3) is 0 Å². The first-order valence-electron chi connectivity index (χ1n) is 11.0. The van der Waals surface area contributed by atoms with Crippen LogP contribution in [-0.4, -0.2) is 29.0 Å². The van der Waals surface area contributed by atoms with Crippen LogP contribution in [0, 0.1) is 0 Å². The number of ether oxygens (including phenoxy) is 1. The van der Waals surface area contributed by atoms with Crippen LogP contribution in [0.15, 0.2) is 83.2 Å². The minimum Gasteiger partial charge on any atom is -0.417 e. The molecule has 0 radical (unpaired) electrons. The van der Waals surface area contributed by atoms with E-state index in [9.17, 15) is 18.0 Å². The Balaban J connectivity index is 1.45.